The Bertz CT molecular complexity index is 234. The lowest BCUT2D eigenvalue weighted by Gasteiger charge is -2.21. The molecule has 0 spiro atoms. The zero-order valence-electron chi connectivity index (χ0n) is 10.7. The first-order valence-electron chi connectivity index (χ1n) is 5.87. The molecule has 100 valence electrons. The highest BCUT2D eigenvalue weighted by atomic mass is 16.5. The van der Waals surface area contributed by atoms with E-state index in [0.717, 1.165) is 12.8 Å². The topological polar surface area (TPSA) is 84.7 Å². The summed E-state index contributed by atoms with van der Waals surface area (Å²) >= 11 is 0. The van der Waals surface area contributed by atoms with Crippen molar-refractivity contribution in [3.8, 4) is 0 Å². The molecule has 6 heteroatoms. The molecule has 0 aromatic rings. The second-order valence-corrected chi connectivity index (χ2v) is 3.80. The summed E-state index contributed by atoms with van der Waals surface area (Å²) in [6.07, 6.45) is 1.84. The number of nitrogens with two attached hydrogens (primary N) is 1. The van der Waals surface area contributed by atoms with E-state index in [2.05, 4.69) is 5.32 Å². The molecule has 0 bridgehead atoms. The van der Waals surface area contributed by atoms with Gasteiger partial charge in [0.05, 0.1) is 19.7 Å². The van der Waals surface area contributed by atoms with Gasteiger partial charge in [0, 0.05) is 20.2 Å². The van der Waals surface area contributed by atoms with Crippen LogP contribution in [-0.4, -0.2) is 56.6 Å². The zero-order chi connectivity index (χ0) is 13.1. The lowest BCUT2D eigenvalue weighted by molar-refractivity contribution is -0.134. The Morgan fingerprint density at radius 3 is 2.65 bits per heavy atom. The van der Waals surface area contributed by atoms with E-state index in [9.17, 15) is 9.59 Å². The highest BCUT2D eigenvalue weighted by Crippen LogP contribution is 1.95. The fraction of sp³-hybridized carbons (Fsp3) is 0.818. The molecule has 17 heavy (non-hydrogen) atoms. The second kappa shape index (κ2) is 10.0. The average molecular weight is 245 g/mol. The summed E-state index contributed by atoms with van der Waals surface area (Å²) < 4.78 is 4.85. The van der Waals surface area contributed by atoms with Crippen molar-refractivity contribution in [2.24, 2.45) is 5.73 Å². The third-order valence-electron chi connectivity index (χ3n) is 2.24. The first-order valence-corrected chi connectivity index (χ1v) is 5.87. The zero-order valence-corrected chi connectivity index (χ0v) is 10.7. The molecule has 0 aliphatic heterocycles. The van der Waals surface area contributed by atoms with Crippen LogP contribution in [0.3, 0.4) is 0 Å². The van der Waals surface area contributed by atoms with Gasteiger partial charge in [0.1, 0.15) is 0 Å². The number of hydrogen-bond acceptors (Lipinski definition) is 4. The van der Waals surface area contributed by atoms with Crippen LogP contribution in [0.25, 0.3) is 0 Å². The molecule has 0 radical (unpaired) electrons. The Morgan fingerprint density at radius 2 is 2.12 bits per heavy atom. The lowest BCUT2D eigenvalue weighted by Crippen LogP contribution is -2.43. The van der Waals surface area contributed by atoms with Crippen molar-refractivity contribution in [1.29, 1.82) is 0 Å². The number of methoxy groups -OCH3 is 1. The van der Waals surface area contributed by atoms with Gasteiger partial charge in [-0.3, -0.25) is 9.59 Å². The summed E-state index contributed by atoms with van der Waals surface area (Å²) in [5, 5.41) is 2.95. The summed E-state index contributed by atoms with van der Waals surface area (Å²) in [4.78, 5) is 24.1. The van der Waals surface area contributed by atoms with Crippen molar-refractivity contribution in [2.75, 3.05) is 39.9 Å². The molecule has 0 aromatic heterocycles. The van der Waals surface area contributed by atoms with Crippen molar-refractivity contribution < 1.29 is 14.3 Å². The van der Waals surface area contributed by atoms with Crippen LogP contribution < -0.4 is 11.1 Å². The number of amides is 2. The Balaban J connectivity index is 3.98. The number of rotatable bonds is 10. The molecule has 2 amide bonds. The van der Waals surface area contributed by atoms with Crippen LogP contribution in [0, 0.1) is 0 Å². The average Bonchev–Trinajstić information content (AvgIpc) is 2.29. The second-order valence-electron chi connectivity index (χ2n) is 3.80. The van der Waals surface area contributed by atoms with Gasteiger partial charge in [-0.25, -0.2) is 0 Å². The number of ether oxygens (including phenoxy) is 1. The minimum absolute atomic E-state index is 0.00914. The van der Waals surface area contributed by atoms with Gasteiger partial charge in [-0.05, 0) is 6.42 Å². The van der Waals surface area contributed by atoms with Gasteiger partial charge >= 0.3 is 0 Å². The Kier molecular flexibility index (Phi) is 9.37. The number of hydrogen-bond donors (Lipinski definition) is 2. The summed E-state index contributed by atoms with van der Waals surface area (Å²) in [6.45, 7) is 3.97. The minimum atomic E-state index is -0.480. The standard InChI is InChI=1S/C11H23N3O3/c1-3-4-6-14(9-10(12)15)11(16)8-13-5-7-17-2/h13H,3-9H2,1-2H3,(H2,12,15). The van der Waals surface area contributed by atoms with E-state index in [0.29, 0.717) is 19.7 Å². The van der Waals surface area contributed by atoms with E-state index in [1.807, 2.05) is 6.92 Å². The molecule has 0 aliphatic carbocycles. The minimum Gasteiger partial charge on any atom is -0.383 e. The first kappa shape index (κ1) is 15.9. The van der Waals surface area contributed by atoms with Crippen LogP contribution in [-0.2, 0) is 14.3 Å². The number of unbranched alkanes of at least 4 members (excludes halogenated alkanes) is 1. The maximum Gasteiger partial charge on any atom is 0.237 e. The number of nitrogens with one attached hydrogen (secondary N) is 1. The molecule has 0 aromatic carbocycles. The number of nitrogens with zero attached hydrogens (tertiary/aromatic N) is 1. The van der Waals surface area contributed by atoms with Crippen molar-refractivity contribution >= 4 is 11.8 Å². The van der Waals surface area contributed by atoms with E-state index in [1.165, 1.54) is 4.90 Å². The van der Waals surface area contributed by atoms with E-state index in [4.69, 9.17) is 10.5 Å². The summed E-state index contributed by atoms with van der Waals surface area (Å²) in [6, 6.07) is 0. The molecule has 3 N–H and O–H groups in total. The van der Waals surface area contributed by atoms with Crippen LogP contribution >= 0.6 is 0 Å². The van der Waals surface area contributed by atoms with E-state index < -0.39 is 5.91 Å². The van der Waals surface area contributed by atoms with Gasteiger partial charge < -0.3 is 20.7 Å². The highest BCUT2D eigenvalue weighted by Gasteiger charge is 2.14. The predicted octanol–water partition coefficient (Wildman–Crippen LogP) is -0.664. The normalized spacial score (nSPS) is 10.2. The number of primary amides is 1. The quantitative estimate of drug-likeness (QED) is 0.500. The fourth-order valence-corrected chi connectivity index (χ4v) is 1.31. The molecule has 6 nitrogen and oxygen atoms in total. The van der Waals surface area contributed by atoms with Gasteiger partial charge in [-0.15, -0.1) is 0 Å². The molecule has 0 heterocycles. The van der Waals surface area contributed by atoms with Gasteiger partial charge in [0.25, 0.3) is 0 Å². The van der Waals surface area contributed by atoms with Gasteiger partial charge in [-0.1, -0.05) is 13.3 Å². The monoisotopic (exact) mass is 245 g/mol. The molecular formula is C11H23N3O3. The SMILES string of the molecule is CCCCN(CC(N)=O)C(=O)CNCCOC. The molecule has 0 atom stereocenters. The summed E-state index contributed by atoms with van der Waals surface area (Å²) in [7, 11) is 1.60. The number of carbonyl (C=O) groups excluding carboxylic acids is 2. The molecule has 0 saturated heterocycles. The maximum absolute atomic E-state index is 11.8. The van der Waals surface area contributed by atoms with Crippen molar-refractivity contribution in [3.63, 3.8) is 0 Å². The van der Waals surface area contributed by atoms with Crippen LogP contribution in [0.1, 0.15) is 19.8 Å². The molecule has 0 unspecified atom stereocenters. The molecule has 0 fully saturated rings. The summed E-state index contributed by atoms with van der Waals surface area (Å²) in [5.74, 6) is -0.584. The first-order chi connectivity index (χ1) is 8.11. The maximum atomic E-state index is 11.8. The third kappa shape index (κ3) is 8.65. The van der Waals surface area contributed by atoms with E-state index in [-0.39, 0.29) is 19.0 Å². The Morgan fingerprint density at radius 1 is 1.41 bits per heavy atom. The smallest absolute Gasteiger partial charge is 0.237 e. The predicted molar refractivity (Wildman–Crippen MR) is 65.4 cm³/mol. The van der Waals surface area contributed by atoms with Gasteiger partial charge in [0.15, 0.2) is 0 Å². The van der Waals surface area contributed by atoms with E-state index >= 15 is 0 Å². The van der Waals surface area contributed by atoms with Gasteiger partial charge in [0.2, 0.25) is 11.8 Å². The Labute approximate surface area is 102 Å². The molecular weight excluding hydrogens is 222 g/mol. The van der Waals surface area contributed by atoms with Gasteiger partial charge in [-0.2, -0.15) is 0 Å². The van der Waals surface area contributed by atoms with Crippen molar-refractivity contribution in [3.05, 3.63) is 0 Å². The van der Waals surface area contributed by atoms with Crippen molar-refractivity contribution in [2.45, 2.75) is 19.8 Å². The fourth-order valence-electron chi connectivity index (χ4n) is 1.31. The molecule has 0 rings (SSSR count). The lowest BCUT2D eigenvalue weighted by atomic mass is 10.3. The largest absolute Gasteiger partial charge is 0.383 e. The van der Waals surface area contributed by atoms with E-state index in [1.54, 1.807) is 7.11 Å². The van der Waals surface area contributed by atoms with Crippen molar-refractivity contribution in [1.82, 2.24) is 10.2 Å². The van der Waals surface area contributed by atoms with Crippen LogP contribution in [0.5, 0.6) is 0 Å². The Hall–Kier alpha value is -1.14. The summed E-state index contributed by atoms with van der Waals surface area (Å²) in [5.41, 5.74) is 5.11. The van der Waals surface area contributed by atoms with Crippen LogP contribution in [0.4, 0.5) is 0 Å². The molecule has 0 saturated carbocycles. The highest BCUT2D eigenvalue weighted by molar-refractivity contribution is 5.84. The van der Waals surface area contributed by atoms with Crippen LogP contribution in [0.2, 0.25) is 0 Å². The molecule has 0 aliphatic rings. The number of carbonyl (C=O) groups is 2. The third-order valence-corrected chi connectivity index (χ3v) is 2.24. The van der Waals surface area contributed by atoms with Crippen LogP contribution in [0.15, 0.2) is 0 Å².